The average molecular weight is 318 g/mol. The summed E-state index contributed by atoms with van der Waals surface area (Å²) in [6, 6.07) is 5.67. The molecule has 0 aliphatic rings. The minimum Gasteiger partial charge on any atom is -0.378 e. The molecule has 0 amide bonds. The van der Waals surface area contributed by atoms with Crippen molar-refractivity contribution in [1.82, 2.24) is 4.98 Å². The number of aryl methyl sites for hydroxylation is 1. The van der Waals surface area contributed by atoms with Crippen molar-refractivity contribution in [2.45, 2.75) is 13.5 Å². The third-order valence-electron chi connectivity index (χ3n) is 2.05. The van der Waals surface area contributed by atoms with Crippen LogP contribution >= 0.6 is 38.9 Å². The maximum atomic E-state index is 5.93. The molecule has 2 aromatic rings. The predicted molar refractivity (Wildman–Crippen MR) is 73.3 cm³/mol. The first-order valence-corrected chi connectivity index (χ1v) is 6.80. The minimum atomic E-state index is 0.712. The Balaban J connectivity index is 2.07. The molecule has 0 saturated carbocycles. The van der Waals surface area contributed by atoms with E-state index >= 15 is 0 Å². The number of benzene rings is 1. The van der Waals surface area contributed by atoms with Crippen molar-refractivity contribution in [2.24, 2.45) is 0 Å². The van der Waals surface area contributed by atoms with Gasteiger partial charge in [-0.2, -0.15) is 0 Å². The third kappa shape index (κ3) is 2.97. The zero-order chi connectivity index (χ0) is 11.5. The highest BCUT2D eigenvalue weighted by Gasteiger charge is 2.02. The molecular formula is C11H10BrClN2S. The van der Waals surface area contributed by atoms with E-state index in [0.29, 0.717) is 6.54 Å². The Bertz CT molecular complexity index is 498. The number of anilines is 1. The first-order valence-electron chi connectivity index (χ1n) is 4.75. The van der Waals surface area contributed by atoms with Gasteiger partial charge in [0.15, 0.2) is 0 Å². The van der Waals surface area contributed by atoms with Gasteiger partial charge in [0.25, 0.3) is 0 Å². The highest BCUT2D eigenvalue weighted by molar-refractivity contribution is 9.10. The Hall–Kier alpha value is -0.580. The normalized spacial score (nSPS) is 10.4. The molecule has 0 bridgehead atoms. The van der Waals surface area contributed by atoms with Gasteiger partial charge < -0.3 is 5.32 Å². The van der Waals surface area contributed by atoms with Crippen LogP contribution in [0.2, 0.25) is 5.02 Å². The number of nitrogens with zero attached hydrogens (tertiary/aromatic N) is 1. The van der Waals surface area contributed by atoms with E-state index in [9.17, 15) is 0 Å². The second kappa shape index (κ2) is 5.17. The van der Waals surface area contributed by atoms with E-state index in [0.717, 1.165) is 25.9 Å². The van der Waals surface area contributed by atoms with E-state index in [1.54, 1.807) is 11.3 Å². The number of halogens is 2. The molecule has 0 aliphatic carbocycles. The lowest BCUT2D eigenvalue weighted by Gasteiger charge is -2.07. The quantitative estimate of drug-likeness (QED) is 0.903. The molecule has 0 fully saturated rings. The molecule has 0 unspecified atom stereocenters. The van der Waals surface area contributed by atoms with Gasteiger partial charge in [-0.15, -0.1) is 11.3 Å². The lowest BCUT2D eigenvalue weighted by molar-refractivity contribution is 1.05. The number of rotatable bonds is 3. The molecule has 0 spiro atoms. The summed E-state index contributed by atoms with van der Waals surface area (Å²) >= 11 is 11.1. The van der Waals surface area contributed by atoms with Gasteiger partial charge in [-0.25, -0.2) is 4.98 Å². The van der Waals surface area contributed by atoms with Gasteiger partial charge in [-0.1, -0.05) is 11.6 Å². The third-order valence-corrected chi connectivity index (χ3v) is 3.80. The molecule has 0 radical (unpaired) electrons. The van der Waals surface area contributed by atoms with Crippen LogP contribution in [0.3, 0.4) is 0 Å². The van der Waals surface area contributed by atoms with E-state index in [1.807, 2.05) is 25.1 Å². The molecule has 84 valence electrons. The standard InChI is InChI=1S/C11H10BrClN2S/c1-7-15-9(6-16-7)5-14-11-4-8(13)2-3-10(11)12/h2-4,6,14H,5H2,1H3. The Morgan fingerprint density at radius 1 is 1.50 bits per heavy atom. The fraction of sp³-hybridized carbons (Fsp3) is 0.182. The maximum absolute atomic E-state index is 5.93. The van der Waals surface area contributed by atoms with Crippen LogP contribution in [0.1, 0.15) is 10.7 Å². The molecule has 16 heavy (non-hydrogen) atoms. The van der Waals surface area contributed by atoms with Crippen molar-refractivity contribution >= 4 is 44.6 Å². The first kappa shape index (κ1) is 11.9. The van der Waals surface area contributed by atoms with Crippen molar-refractivity contribution in [3.63, 3.8) is 0 Å². The Morgan fingerprint density at radius 3 is 3.00 bits per heavy atom. The summed E-state index contributed by atoms with van der Waals surface area (Å²) in [5, 5.41) is 7.16. The van der Waals surface area contributed by atoms with E-state index in [4.69, 9.17) is 11.6 Å². The van der Waals surface area contributed by atoms with Crippen LogP contribution in [0.4, 0.5) is 5.69 Å². The van der Waals surface area contributed by atoms with Gasteiger partial charge in [-0.3, -0.25) is 0 Å². The molecule has 0 saturated heterocycles. The SMILES string of the molecule is Cc1nc(CNc2cc(Cl)ccc2Br)cs1. The molecule has 0 atom stereocenters. The van der Waals surface area contributed by atoms with E-state index in [-0.39, 0.29) is 0 Å². The molecule has 2 nitrogen and oxygen atoms in total. The van der Waals surface area contributed by atoms with Crippen LogP contribution in [0.25, 0.3) is 0 Å². The predicted octanol–water partition coefficient (Wildman–Crippen LogP) is 4.48. The highest BCUT2D eigenvalue weighted by atomic mass is 79.9. The Kier molecular flexibility index (Phi) is 3.84. The van der Waals surface area contributed by atoms with E-state index < -0.39 is 0 Å². The van der Waals surface area contributed by atoms with Gasteiger partial charge in [0, 0.05) is 14.9 Å². The summed E-state index contributed by atoms with van der Waals surface area (Å²) in [6.45, 7) is 2.72. The summed E-state index contributed by atoms with van der Waals surface area (Å²) in [5.41, 5.74) is 2.03. The fourth-order valence-electron chi connectivity index (χ4n) is 1.31. The van der Waals surface area contributed by atoms with Crippen molar-refractivity contribution in [3.05, 3.63) is 43.8 Å². The highest BCUT2D eigenvalue weighted by Crippen LogP contribution is 2.26. The number of hydrogen-bond donors (Lipinski definition) is 1. The smallest absolute Gasteiger partial charge is 0.0898 e. The molecule has 2 rings (SSSR count). The van der Waals surface area contributed by atoms with Crippen LogP contribution in [0.15, 0.2) is 28.1 Å². The second-order valence-corrected chi connectivity index (χ2v) is 5.69. The zero-order valence-electron chi connectivity index (χ0n) is 8.63. The van der Waals surface area contributed by atoms with Crippen molar-refractivity contribution in [1.29, 1.82) is 0 Å². The summed E-state index contributed by atoms with van der Waals surface area (Å²) in [7, 11) is 0. The summed E-state index contributed by atoms with van der Waals surface area (Å²) in [5.74, 6) is 0. The molecule has 1 aromatic heterocycles. The summed E-state index contributed by atoms with van der Waals surface area (Å²) in [6.07, 6.45) is 0. The number of thiazole rings is 1. The van der Waals surface area contributed by atoms with Crippen LogP contribution in [-0.2, 0) is 6.54 Å². The van der Waals surface area contributed by atoms with Crippen molar-refractivity contribution < 1.29 is 0 Å². The molecule has 1 heterocycles. The van der Waals surface area contributed by atoms with Gasteiger partial charge in [-0.05, 0) is 41.1 Å². The molecule has 1 N–H and O–H groups in total. The largest absolute Gasteiger partial charge is 0.378 e. The van der Waals surface area contributed by atoms with Gasteiger partial charge >= 0.3 is 0 Å². The second-order valence-electron chi connectivity index (χ2n) is 3.34. The van der Waals surface area contributed by atoms with Gasteiger partial charge in [0.05, 0.1) is 22.9 Å². The molecule has 1 aromatic carbocycles. The zero-order valence-corrected chi connectivity index (χ0v) is 11.8. The topological polar surface area (TPSA) is 24.9 Å². The summed E-state index contributed by atoms with van der Waals surface area (Å²) in [4.78, 5) is 4.39. The average Bonchev–Trinajstić information content (AvgIpc) is 2.66. The molecule has 5 heteroatoms. The van der Waals surface area contributed by atoms with Crippen LogP contribution in [-0.4, -0.2) is 4.98 Å². The monoisotopic (exact) mass is 316 g/mol. The Morgan fingerprint density at radius 2 is 2.31 bits per heavy atom. The number of aromatic nitrogens is 1. The lowest BCUT2D eigenvalue weighted by Crippen LogP contribution is -2.00. The fourth-order valence-corrected chi connectivity index (χ4v) is 2.48. The molecule has 0 aliphatic heterocycles. The van der Waals surface area contributed by atoms with Crippen LogP contribution in [0.5, 0.6) is 0 Å². The molecular weight excluding hydrogens is 308 g/mol. The van der Waals surface area contributed by atoms with Crippen LogP contribution < -0.4 is 5.32 Å². The van der Waals surface area contributed by atoms with E-state index in [1.165, 1.54) is 0 Å². The lowest BCUT2D eigenvalue weighted by atomic mass is 10.3. The van der Waals surface area contributed by atoms with Crippen molar-refractivity contribution in [3.8, 4) is 0 Å². The van der Waals surface area contributed by atoms with E-state index in [2.05, 4.69) is 31.6 Å². The van der Waals surface area contributed by atoms with Gasteiger partial charge in [0.1, 0.15) is 0 Å². The Labute approximate surface area is 112 Å². The van der Waals surface area contributed by atoms with Gasteiger partial charge in [0.2, 0.25) is 0 Å². The van der Waals surface area contributed by atoms with Crippen LogP contribution in [0, 0.1) is 6.92 Å². The first-order chi connectivity index (χ1) is 7.65. The summed E-state index contributed by atoms with van der Waals surface area (Å²) < 4.78 is 1.00. The minimum absolute atomic E-state index is 0.712. The number of nitrogens with one attached hydrogen (secondary N) is 1. The maximum Gasteiger partial charge on any atom is 0.0898 e. The van der Waals surface area contributed by atoms with Crippen molar-refractivity contribution in [2.75, 3.05) is 5.32 Å². The number of hydrogen-bond acceptors (Lipinski definition) is 3.